The molecule has 0 amide bonds. The number of halogens is 2. The first kappa shape index (κ1) is 12.6. The molecule has 3 N–H and O–H groups in total. The maximum atomic E-state index is 13.3. The molecule has 3 atom stereocenters. The largest absolute Gasteiger partial charge is 0.271 e. The van der Waals surface area contributed by atoms with E-state index in [9.17, 15) is 4.39 Å². The highest BCUT2D eigenvalue weighted by atomic mass is 79.9. The van der Waals surface area contributed by atoms with Gasteiger partial charge in [-0.1, -0.05) is 15.9 Å². The van der Waals surface area contributed by atoms with E-state index in [0.717, 1.165) is 28.3 Å². The average Bonchev–Trinajstić information content (AvgIpc) is 2.92. The van der Waals surface area contributed by atoms with Crippen LogP contribution < -0.4 is 11.3 Å². The summed E-state index contributed by atoms with van der Waals surface area (Å²) in [6.45, 7) is 0. The van der Waals surface area contributed by atoms with Gasteiger partial charge in [0.1, 0.15) is 5.82 Å². The molecule has 0 radical (unpaired) electrons. The summed E-state index contributed by atoms with van der Waals surface area (Å²) in [6.07, 6.45) is 4.79. The third-order valence-electron chi connectivity index (χ3n) is 4.44. The van der Waals surface area contributed by atoms with Crippen molar-refractivity contribution in [2.75, 3.05) is 0 Å². The summed E-state index contributed by atoms with van der Waals surface area (Å²) in [5.41, 5.74) is 3.94. The molecular weight excluding hydrogens is 295 g/mol. The normalized spacial score (nSPS) is 31.2. The molecular formula is C14H18BrFN2. The maximum absolute atomic E-state index is 13.3. The molecule has 0 saturated heterocycles. The first-order valence-corrected chi connectivity index (χ1v) is 7.36. The lowest BCUT2D eigenvalue weighted by molar-refractivity contribution is 0.335. The van der Waals surface area contributed by atoms with Gasteiger partial charge in [-0.2, -0.15) is 0 Å². The van der Waals surface area contributed by atoms with E-state index in [-0.39, 0.29) is 11.9 Å². The third kappa shape index (κ3) is 2.60. The Bertz CT molecular complexity index is 421. The number of benzene rings is 1. The molecule has 18 heavy (non-hydrogen) atoms. The van der Waals surface area contributed by atoms with Crippen molar-refractivity contribution in [3.8, 4) is 0 Å². The maximum Gasteiger partial charge on any atom is 0.124 e. The van der Waals surface area contributed by atoms with E-state index in [1.165, 1.54) is 25.3 Å². The summed E-state index contributed by atoms with van der Waals surface area (Å²) < 4.78 is 14.1. The predicted molar refractivity (Wildman–Crippen MR) is 73.2 cm³/mol. The summed E-state index contributed by atoms with van der Waals surface area (Å²) in [5.74, 6) is 8.04. The van der Waals surface area contributed by atoms with E-state index in [0.29, 0.717) is 5.92 Å². The Labute approximate surface area is 115 Å². The summed E-state index contributed by atoms with van der Waals surface area (Å²) >= 11 is 3.33. The highest BCUT2D eigenvalue weighted by molar-refractivity contribution is 9.10. The number of nitrogens with two attached hydrogens (primary N) is 1. The van der Waals surface area contributed by atoms with Crippen LogP contribution in [0, 0.1) is 23.6 Å². The van der Waals surface area contributed by atoms with Gasteiger partial charge < -0.3 is 0 Å². The van der Waals surface area contributed by atoms with Gasteiger partial charge in [0, 0.05) is 10.5 Å². The molecule has 2 nitrogen and oxygen atoms in total. The lowest BCUT2D eigenvalue weighted by Gasteiger charge is -2.24. The summed E-state index contributed by atoms with van der Waals surface area (Å²) in [7, 11) is 0. The number of hydrogen-bond acceptors (Lipinski definition) is 2. The van der Waals surface area contributed by atoms with Gasteiger partial charge in [-0.05, 0) is 67.2 Å². The Balaban J connectivity index is 1.68. The van der Waals surface area contributed by atoms with Crippen molar-refractivity contribution in [3.05, 3.63) is 34.1 Å². The summed E-state index contributed by atoms with van der Waals surface area (Å²) in [5, 5.41) is 0. The minimum atomic E-state index is -0.190. The van der Waals surface area contributed by atoms with Crippen LogP contribution in [0.3, 0.4) is 0 Å². The zero-order valence-corrected chi connectivity index (χ0v) is 11.8. The molecule has 0 aromatic heterocycles. The van der Waals surface area contributed by atoms with Crippen LogP contribution in [-0.4, -0.2) is 6.04 Å². The van der Waals surface area contributed by atoms with Gasteiger partial charge in [-0.3, -0.25) is 11.3 Å². The predicted octanol–water partition coefficient (Wildman–Crippen LogP) is 3.01. The second-order valence-corrected chi connectivity index (χ2v) is 6.66. The van der Waals surface area contributed by atoms with Crippen molar-refractivity contribution in [2.24, 2.45) is 23.6 Å². The second-order valence-electron chi connectivity index (χ2n) is 5.74. The molecule has 1 aromatic carbocycles. The van der Waals surface area contributed by atoms with Gasteiger partial charge in [0.15, 0.2) is 0 Å². The lowest BCUT2D eigenvalue weighted by Crippen LogP contribution is -2.42. The first-order valence-electron chi connectivity index (χ1n) is 6.57. The lowest BCUT2D eigenvalue weighted by atomic mass is 9.90. The summed E-state index contributed by atoms with van der Waals surface area (Å²) in [4.78, 5) is 0. The quantitative estimate of drug-likeness (QED) is 0.662. The molecule has 2 aliphatic rings. The third-order valence-corrected chi connectivity index (χ3v) is 4.90. The van der Waals surface area contributed by atoms with Crippen LogP contribution in [0.1, 0.15) is 24.8 Å². The molecule has 2 fully saturated rings. The molecule has 98 valence electrons. The number of hydrazine groups is 1. The van der Waals surface area contributed by atoms with E-state index in [1.54, 1.807) is 6.07 Å². The zero-order valence-electron chi connectivity index (χ0n) is 10.2. The van der Waals surface area contributed by atoms with Crippen molar-refractivity contribution in [3.63, 3.8) is 0 Å². The van der Waals surface area contributed by atoms with Crippen LogP contribution in [0.15, 0.2) is 22.7 Å². The Kier molecular flexibility index (Phi) is 3.43. The topological polar surface area (TPSA) is 38.0 Å². The number of hydrogen-bond donors (Lipinski definition) is 2. The van der Waals surface area contributed by atoms with E-state index in [1.807, 2.05) is 6.07 Å². The molecule has 3 rings (SSSR count). The van der Waals surface area contributed by atoms with Gasteiger partial charge in [-0.25, -0.2) is 4.39 Å². The van der Waals surface area contributed by atoms with Crippen molar-refractivity contribution >= 4 is 15.9 Å². The standard InChI is InChI=1S/C14H18BrFN2/c15-12-1-8(2-13(16)7-12)3-14(18-17)11-5-9-4-10(9)6-11/h1-2,7,9-11,14,18H,3-6,17H2. The van der Waals surface area contributed by atoms with Crippen LogP contribution in [0.4, 0.5) is 4.39 Å². The molecule has 2 saturated carbocycles. The number of rotatable bonds is 4. The minimum Gasteiger partial charge on any atom is -0.271 e. The fourth-order valence-corrected chi connectivity index (χ4v) is 3.95. The van der Waals surface area contributed by atoms with Crippen molar-refractivity contribution < 1.29 is 4.39 Å². The van der Waals surface area contributed by atoms with E-state index < -0.39 is 0 Å². The number of fused-ring (bicyclic) bond motifs is 1. The Hall–Kier alpha value is -0.450. The molecule has 0 spiro atoms. The van der Waals surface area contributed by atoms with Crippen LogP contribution >= 0.6 is 15.9 Å². The molecule has 4 heteroatoms. The second kappa shape index (κ2) is 4.91. The van der Waals surface area contributed by atoms with Gasteiger partial charge in [0.05, 0.1) is 0 Å². The van der Waals surface area contributed by atoms with Crippen LogP contribution in [-0.2, 0) is 6.42 Å². The van der Waals surface area contributed by atoms with Crippen LogP contribution in [0.5, 0.6) is 0 Å². The van der Waals surface area contributed by atoms with E-state index >= 15 is 0 Å². The van der Waals surface area contributed by atoms with Crippen LogP contribution in [0.2, 0.25) is 0 Å². The van der Waals surface area contributed by atoms with E-state index in [4.69, 9.17) is 5.84 Å². The van der Waals surface area contributed by atoms with Gasteiger partial charge in [-0.15, -0.1) is 0 Å². The molecule has 0 heterocycles. The van der Waals surface area contributed by atoms with Gasteiger partial charge in [0.25, 0.3) is 0 Å². The fraction of sp³-hybridized carbons (Fsp3) is 0.571. The molecule has 1 aromatic rings. The van der Waals surface area contributed by atoms with Crippen LogP contribution in [0.25, 0.3) is 0 Å². The molecule has 0 aliphatic heterocycles. The van der Waals surface area contributed by atoms with Gasteiger partial charge in [0.2, 0.25) is 0 Å². The summed E-state index contributed by atoms with van der Waals surface area (Å²) in [6, 6.07) is 5.33. The monoisotopic (exact) mass is 312 g/mol. The van der Waals surface area contributed by atoms with E-state index in [2.05, 4.69) is 21.4 Å². The Morgan fingerprint density at radius 2 is 2.00 bits per heavy atom. The molecule has 0 bridgehead atoms. The highest BCUT2D eigenvalue weighted by Gasteiger charge is 2.47. The van der Waals surface area contributed by atoms with Crippen molar-refractivity contribution in [1.29, 1.82) is 0 Å². The molecule has 3 unspecified atom stereocenters. The fourth-order valence-electron chi connectivity index (χ4n) is 3.43. The average molecular weight is 313 g/mol. The van der Waals surface area contributed by atoms with Crippen molar-refractivity contribution in [1.82, 2.24) is 5.43 Å². The Morgan fingerprint density at radius 3 is 2.61 bits per heavy atom. The van der Waals surface area contributed by atoms with Crippen molar-refractivity contribution in [2.45, 2.75) is 31.7 Å². The number of nitrogens with one attached hydrogen (secondary N) is 1. The molecule has 2 aliphatic carbocycles. The Morgan fingerprint density at radius 1 is 1.28 bits per heavy atom. The smallest absolute Gasteiger partial charge is 0.124 e. The highest BCUT2D eigenvalue weighted by Crippen LogP contribution is 2.55. The first-order chi connectivity index (χ1) is 8.65. The minimum absolute atomic E-state index is 0.190. The SMILES string of the molecule is NNC(Cc1cc(F)cc(Br)c1)C1CC2CC2C1. The zero-order chi connectivity index (χ0) is 12.7. The van der Waals surface area contributed by atoms with Gasteiger partial charge >= 0.3 is 0 Å².